The number of rotatable bonds is 4. The smallest absolute Gasteiger partial charge is 0.179 e. The Bertz CT molecular complexity index is 492. The van der Waals surface area contributed by atoms with E-state index in [0.717, 1.165) is 18.7 Å². The summed E-state index contributed by atoms with van der Waals surface area (Å²) in [6.45, 7) is 3.73. The molecule has 2 aliphatic rings. The lowest BCUT2D eigenvalue weighted by molar-refractivity contribution is 0.129. The fourth-order valence-electron chi connectivity index (χ4n) is 2.84. The summed E-state index contributed by atoms with van der Waals surface area (Å²) >= 11 is 6.30. The molecule has 0 amide bonds. The molecule has 116 valence electrons. The largest absolute Gasteiger partial charge is 0.486 e. The first-order chi connectivity index (χ1) is 10.3. The highest BCUT2D eigenvalue weighted by molar-refractivity contribution is 6.32. The number of ether oxygens (including phenoxy) is 2. The van der Waals surface area contributed by atoms with Crippen molar-refractivity contribution in [3.8, 4) is 11.5 Å². The maximum atomic E-state index is 6.30. The van der Waals surface area contributed by atoms with Gasteiger partial charge in [0.1, 0.15) is 13.2 Å². The Hall–Kier alpha value is -1.01. The summed E-state index contributed by atoms with van der Waals surface area (Å²) in [7, 11) is 0. The zero-order valence-electron chi connectivity index (χ0n) is 12.1. The van der Waals surface area contributed by atoms with E-state index in [0.29, 0.717) is 36.3 Å². The molecule has 1 aromatic carbocycles. The summed E-state index contributed by atoms with van der Waals surface area (Å²) in [6.07, 6.45) is 3.76. The number of piperidine rings is 1. The third-order valence-corrected chi connectivity index (χ3v) is 4.23. The van der Waals surface area contributed by atoms with Crippen LogP contribution in [0.2, 0.25) is 5.02 Å². The van der Waals surface area contributed by atoms with Crippen LogP contribution in [-0.4, -0.2) is 37.9 Å². The molecule has 0 aliphatic carbocycles. The van der Waals surface area contributed by atoms with Crippen molar-refractivity contribution >= 4 is 11.6 Å². The molecular formula is C15H22ClN3O2. The van der Waals surface area contributed by atoms with Gasteiger partial charge in [-0.05, 0) is 30.5 Å². The van der Waals surface area contributed by atoms with Gasteiger partial charge in [0.25, 0.3) is 0 Å². The van der Waals surface area contributed by atoms with Gasteiger partial charge in [-0.15, -0.1) is 0 Å². The van der Waals surface area contributed by atoms with E-state index in [1.165, 1.54) is 19.3 Å². The molecule has 3 rings (SSSR count). The molecule has 0 spiro atoms. The second-order valence-electron chi connectivity index (χ2n) is 5.49. The molecule has 5 nitrogen and oxygen atoms in total. The van der Waals surface area contributed by atoms with Crippen molar-refractivity contribution in [1.29, 1.82) is 0 Å². The first-order valence-electron chi connectivity index (χ1n) is 7.58. The van der Waals surface area contributed by atoms with Crippen LogP contribution in [0.1, 0.15) is 30.9 Å². The fourth-order valence-corrected chi connectivity index (χ4v) is 3.11. The molecule has 3 N–H and O–H groups in total. The number of hydrogen-bond acceptors (Lipinski definition) is 5. The van der Waals surface area contributed by atoms with E-state index >= 15 is 0 Å². The average Bonchev–Trinajstić information content (AvgIpc) is 2.53. The molecule has 0 bridgehead atoms. The number of nitrogens with zero attached hydrogens (tertiary/aromatic N) is 1. The Balaban J connectivity index is 1.78. The number of nitrogens with two attached hydrogens (primary N) is 1. The zero-order chi connectivity index (χ0) is 14.7. The normalized spacial score (nSPS) is 20.3. The number of hydrazine groups is 1. The standard InChI is InChI=1S/C15H22ClN3O2/c16-12-8-11(9-14-15(12)21-7-6-20-14)13(10-17)18-19-4-2-1-3-5-19/h8-9,13,18H,1-7,10,17H2. The molecule has 1 unspecified atom stereocenters. The molecule has 1 aromatic rings. The quantitative estimate of drug-likeness (QED) is 0.892. The van der Waals surface area contributed by atoms with Crippen LogP contribution in [0.3, 0.4) is 0 Å². The summed E-state index contributed by atoms with van der Waals surface area (Å²) in [4.78, 5) is 0. The van der Waals surface area contributed by atoms with Gasteiger partial charge in [-0.25, -0.2) is 10.4 Å². The maximum absolute atomic E-state index is 6.30. The Morgan fingerprint density at radius 1 is 1.19 bits per heavy atom. The van der Waals surface area contributed by atoms with E-state index in [1.807, 2.05) is 12.1 Å². The summed E-state index contributed by atoms with van der Waals surface area (Å²) in [5.74, 6) is 1.35. The Labute approximate surface area is 130 Å². The van der Waals surface area contributed by atoms with Gasteiger partial charge in [-0.2, -0.15) is 0 Å². The lowest BCUT2D eigenvalue weighted by Crippen LogP contribution is -2.45. The fraction of sp³-hybridized carbons (Fsp3) is 0.600. The van der Waals surface area contributed by atoms with Gasteiger partial charge in [0.05, 0.1) is 11.1 Å². The summed E-state index contributed by atoms with van der Waals surface area (Å²) in [6, 6.07) is 3.94. The molecule has 1 fully saturated rings. The zero-order valence-corrected chi connectivity index (χ0v) is 12.9. The van der Waals surface area contributed by atoms with Crippen molar-refractivity contribution in [2.45, 2.75) is 25.3 Å². The predicted octanol–water partition coefficient (Wildman–Crippen LogP) is 2.10. The van der Waals surface area contributed by atoms with E-state index in [1.54, 1.807) is 0 Å². The van der Waals surface area contributed by atoms with Crippen molar-refractivity contribution in [1.82, 2.24) is 10.4 Å². The minimum Gasteiger partial charge on any atom is -0.486 e. The van der Waals surface area contributed by atoms with Crippen LogP contribution >= 0.6 is 11.6 Å². The van der Waals surface area contributed by atoms with Crippen molar-refractivity contribution < 1.29 is 9.47 Å². The molecule has 0 saturated carbocycles. The van der Waals surface area contributed by atoms with Crippen LogP contribution in [0.15, 0.2) is 12.1 Å². The number of hydrogen-bond donors (Lipinski definition) is 2. The third-order valence-electron chi connectivity index (χ3n) is 3.95. The number of benzene rings is 1. The van der Waals surface area contributed by atoms with E-state index < -0.39 is 0 Å². The summed E-state index contributed by atoms with van der Waals surface area (Å²) in [5.41, 5.74) is 10.5. The van der Waals surface area contributed by atoms with Crippen molar-refractivity contribution in [3.63, 3.8) is 0 Å². The van der Waals surface area contributed by atoms with Gasteiger partial charge in [-0.1, -0.05) is 18.0 Å². The van der Waals surface area contributed by atoms with Gasteiger partial charge in [0.2, 0.25) is 0 Å². The maximum Gasteiger partial charge on any atom is 0.179 e. The van der Waals surface area contributed by atoms with Crippen molar-refractivity contribution in [2.24, 2.45) is 5.73 Å². The van der Waals surface area contributed by atoms with Crippen LogP contribution in [0.5, 0.6) is 11.5 Å². The van der Waals surface area contributed by atoms with Crippen LogP contribution in [0, 0.1) is 0 Å². The Morgan fingerprint density at radius 3 is 2.71 bits per heavy atom. The van der Waals surface area contributed by atoms with E-state index in [-0.39, 0.29) is 6.04 Å². The minimum atomic E-state index is 0.0384. The molecule has 6 heteroatoms. The molecule has 2 aliphatic heterocycles. The lowest BCUT2D eigenvalue weighted by atomic mass is 10.1. The third kappa shape index (κ3) is 3.43. The highest BCUT2D eigenvalue weighted by Crippen LogP contribution is 2.39. The highest BCUT2D eigenvalue weighted by Gasteiger charge is 2.21. The monoisotopic (exact) mass is 311 g/mol. The Kier molecular flexibility index (Phi) is 4.85. The van der Waals surface area contributed by atoms with Crippen LogP contribution in [0.25, 0.3) is 0 Å². The molecule has 2 heterocycles. The average molecular weight is 312 g/mol. The summed E-state index contributed by atoms with van der Waals surface area (Å²) in [5, 5.41) is 2.84. The van der Waals surface area contributed by atoms with E-state index in [9.17, 15) is 0 Å². The predicted molar refractivity (Wildman–Crippen MR) is 82.8 cm³/mol. The number of nitrogens with one attached hydrogen (secondary N) is 1. The molecule has 21 heavy (non-hydrogen) atoms. The molecule has 1 saturated heterocycles. The summed E-state index contributed by atoms with van der Waals surface area (Å²) < 4.78 is 11.2. The van der Waals surface area contributed by atoms with Gasteiger partial charge >= 0.3 is 0 Å². The molecular weight excluding hydrogens is 290 g/mol. The van der Waals surface area contributed by atoms with Crippen LogP contribution < -0.4 is 20.6 Å². The van der Waals surface area contributed by atoms with Gasteiger partial charge in [-0.3, -0.25) is 0 Å². The van der Waals surface area contributed by atoms with Crippen molar-refractivity contribution in [3.05, 3.63) is 22.7 Å². The topological polar surface area (TPSA) is 59.8 Å². The first kappa shape index (κ1) is 14.9. The van der Waals surface area contributed by atoms with Crippen LogP contribution in [0.4, 0.5) is 0 Å². The number of fused-ring (bicyclic) bond motifs is 1. The molecule has 0 aromatic heterocycles. The Morgan fingerprint density at radius 2 is 1.95 bits per heavy atom. The second kappa shape index (κ2) is 6.83. The van der Waals surface area contributed by atoms with E-state index in [2.05, 4.69) is 10.4 Å². The number of halogens is 1. The second-order valence-corrected chi connectivity index (χ2v) is 5.90. The van der Waals surface area contributed by atoms with Gasteiger partial charge in [0, 0.05) is 19.6 Å². The van der Waals surface area contributed by atoms with Crippen molar-refractivity contribution in [2.75, 3.05) is 32.8 Å². The SMILES string of the molecule is NCC(NN1CCCCC1)c1cc(Cl)c2c(c1)OCCO2. The van der Waals surface area contributed by atoms with Crippen LogP contribution in [-0.2, 0) is 0 Å². The molecule has 0 radical (unpaired) electrons. The van der Waals surface area contributed by atoms with Gasteiger partial charge in [0.15, 0.2) is 11.5 Å². The van der Waals surface area contributed by atoms with E-state index in [4.69, 9.17) is 26.8 Å². The highest BCUT2D eigenvalue weighted by atomic mass is 35.5. The minimum absolute atomic E-state index is 0.0384. The van der Waals surface area contributed by atoms with Gasteiger partial charge < -0.3 is 15.2 Å². The molecule has 1 atom stereocenters. The first-order valence-corrected chi connectivity index (χ1v) is 7.96. The lowest BCUT2D eigenvalue weighted by Gasteiger charge is -2.32.